The number of β-lactam (4-membered cyclic amide) rings is 2. The van der Waals surface area contributed by atoms with Gasteiger partial charge in [-0.1, -0.05) is 42.1 Å². The van der Waals surface area contributed by atoms with E-state index in [0.29, 0.717) is 27.8 Å². The van der Waals surface area contributed by atoms with Crippen LogP contribution >= 0.6 is 23.5 Å². The maximum absolute atomic E-state index is 12.7. The van der Waals surface area contributed by atoms with Crippen molar-refractivity contribution in [3.63, 3.8) is 0 Å². The monoisotopic (exact) mass is 695 g/mol. The van der Waals surface area contributed by atoms with E-state index >= 15 is 0 Å². The molecule has 0 spiro atoms. The topological polar surface area (TPSA) is 242 Å². The Balaban J connectivity index is 0.000000232. The fraction of sp³-hybridized carbons (Fsp3) is 0.462. The Labute approximate surface area is 270 Å². The molecule has 0 unspecified atom stereocenters. The molecule has 4 N–H and O–H groups in total. The summed E-state index contributed by atoms with van der Waals surface area (Å²) in [5.41, 5.74) is 0.901. The van der Waals surface area contributed by atoms with Crippen LogP contribution in [0.1, 0.15) is 31.9 Å². The van der Waals surface area contributed by atoms with Gasteiger partial charge in [-0.3, -0.25) is 19.3 Å². The number of fused-ring (bicyclic) bond motifs is 2. The number of rotatable bonds is 8. The number of sulfone groups is 1. The Morgan fingerprint density at radius 1 is 1.17 bits per heavy atom. The maximum atomic E-state index is 12.7. The first kappa shape index (κ1) is 33.4. The lowest BCUT2D eigenvalue weighted by Crippen LogP contribution is -2.70. The Morgan fingerprint density at radius 3 is 2.39 bits per heavy atom. The standard InChI is InChI=1S/C18H18N6O5S2.C8H11NO5S/c1-23-18(20-21-22-23)31-8-10-7-30-16-11(15(27)24(16)12(10)17(28)29)19-14(26)13(25)9-5-3-2-4-6-9;1-8(2)6(7(11)12)9-4(10)3-5(9)15(8,13)14/h2-6,11,13,16,25H,7-8H2,1H3,(H,19,26)(H,28,29);5-6H,3H2,1-2H3,(H,11,12)/t11-,13-,16-;5-,6+/m11/s1. The van der Waals surface area contributed by atoms with Crippen LogP contribution < -0.4 is 5.32 Å². The number of carbonyl (C=O) groups excluding carboxylic acids is 3. The van der Waals surface area contributed by atoms with E-state index in [4.69, 9.17) is 5.11 Å². The van der Waals surface area contributed by atoms with Crippen LogP contribution in [0.4, 0.5) is 0 Å². The predicted molar refractivity (Wildman–Crippen MR) is 160 cm³/mol. The number of carboxylic acids is 2. The normalized spacial score (nSPS) is 26.1. The van der Waals surface area contributed by atoms with Gasteiger partial charge in [0.25, 0.3) is 11.8 Å². The molecule has 2 aromatic rings. The smallest absolute Gasteiger partial charge is 0.352 e. The number of thioether (sulfide) groups is 2. The molecule has 3 amide bonds. The van der Waals surface area contributed by atoms with Gasteiger partial charge in [-0.2, -0.15) is 0 Å². The molecule has 0 bridgehead atoms. The lowest BCUT2D eigenvalue weighted by atomic mass is 9.98. The molecule has 4 aliphatic heterocycles. The van der Waals surface area contributed by atoms with Crippen molar-refractivity contribution in [2.45, 2.75) is 59.1 Å². The van der Waals surface area contributed by atoms with Crippen molar-refractivity contribution in [3.05, 3.63) is 47.2 Å². The summed E-state index contributed by atoms with van der Waals surface area (Å²) in [6.07, 6.45) is -1.51. The van der Waals surface area contributed by atoms with Crippen molar-refractivity contribution in [2.24, 2.45) is 7.05 Å². The second kappa shape index (κ2) is 12.3. The number of amides is 3. The first-order chi connectivity index (χ1) is 21.6. The van der Waals surface area contributed by atoms with E-state index in [1.54, 1.807) is 37.4 Å². The zero-order valence-electron chi connectivity index (χ0n) is 24.5. The zero-order valence-corrected chi connectivity index (χ0v) is 27.0. The van der Waals surface area contributed by atoms with Crippen LogP contribution in [-0.4, -0.2) is 122 Å². The average Bonchev–Trinajstić information content (AvgIpc) is 3.48. The van der Waals surface area contributed by atoms with Crippen LogP contribution in [0.2, 0.25) is 0 Å². The molecule has 246 valence electrons. The van der Waals surface area contributed by atoms with E-state index in [1.165, 1.54) is 47.0 Å². The first-order valence-corrected chi connectivity index (χ1v) is 17.2. The summed E-state index contributed by atoms with van der Waals surface area (Å²) in [7, 11) is -1.89. The van der Waals surface area contributed by atoms with E-state index in [9.17, 15) is 42.6 Å². The third kappa shape index (κ3) is 5.52. The molecule has 1 aromatic carbocycles. The van der Waals surface area contributed by atoms with Gasteiger partial charge >= 0.3 is 11.9 Å². The number of aryl methyl sites for hydroxylation is 1. The van der Waals surface area contributed by atoms with Gasteiger partial charge in [-0.25, -0.2) is 22.7 Å². The number of aliphatic hydroxyl groups excluding tert-OH is 1. The van der Waals surface area contributed by atoms with Crippen LogP contribution in [0.25, 0.3) is 0 Å². The van der Waals surface area contributed by atoms with Gasteiger partial charge < -0.3 is 25.5 Å². The van der Waals surface area contributed by atoms with Gasteiger partial charge in [-0.15, -0.1) is 16.9 Å². The fourth-order valence-corrected chi connectivity index (χ4v) is 10.00. The highest BCUT2D eigenvalue weighted by molar-refractivity contribution is 8.01. The van der Waals surface area contributed by atoms with Gasteiger partial charge in [0.15, 0.2) is 15.9 Å². The molecule has 3 fully saturated rings. The summed E-state index contributed by atoms with van der Waals surface area (Å²) >= 11 is 2.64. The predicted octanol–water partition coefficient (Wildman–Crippen LogP) is -1.02. The number of benzene rings is 1. The summed E-state index contributed by atoms with van der Waals surface area (Å²) in [4.78, 5) is 61.4. The van der Waals surface area contributed by atoms with Gasteiger partial charge in [0.2, 0.25) is 11.1 Å². The first-order valence-electron chi connectivity index (χ1n) is 13.7. The fourth-order valence-electron chi connectivity index (χ4n) is 5.54. The van der Waals surface area contributed by atoms with Crippen molar-refractivity contribution in [1.82, 2.24) is 35.3 Å². The number of nitrogens with zero attached hydrogens (tertiary/aromatic N) is 6. The summed E-state index contributed by atoms with van der Waals surface area (Å²) in [5.74, 6) is -3.42. The van der Waals surface area contributed by atoms with Crippen molar-refractivity contribution in [3.8, 4) is 0 Å². The SMILES string of the molecule is CC1(C)[C@H](C(=O)O)N2C(=O)C[C@H]2S1(=O)=O.Cn1nnnc1SCC1=C(C(=O)O)N2C(=O)[C@@H](NC(=O)[C@H](O)c3ccccc3)[C@H]2SC1. The third-order valence-corrected chi connectivity index (χ3v) is 13.3. The van der Waals surface area contributed by atoms with Crippen LogP contribution in [0.5, 0.6) is 0 Å². The zero-order chi connectivity index (χ0) is 33.7. The van der Waals surface area contributed by atoms with Crippen LogP contribution in [0.15, 0.2) is 46.8 Å². The van der Waals surface area contributed by atoms with Crippen LogP contribution in [0.3, 0.4) is 0 Å². The second-order valence-electron chi connectivity index (χ2n) is 11.2. The Morgan fingerprint density at radius 2 is 1.85 bits per heavy atom. The molecule has 5 atom stereocenters. The molecule has 4 aliphatic rings. The molecule has 0 aliphatic carbocycles. The summed E-state index contributed by atoms with van der Waals surface area (Å²) < 4.78 is 23.8. The van der Waals surface area contributed by atoms with E-state index in [0.717, 1.165) is 4.90 Å². The molecular formula is C26H29N7O10S3. The molecule has 20 heteroatoms. The van der Waals surface area contributed by atoms with E-state index in [1.807, 2.05) is 0 Å². The van der Waals surface area contributed by atoms with E-state index in [-0.39, 0.29) is 12.1 Å². The van der Waals surface area contributed by atoms with Crippen molar-refractivity contribution in [1.29, 1.82) is 0 Å². The molecule has 46 heavy (non-hydrogen) atoms. The quantitative estimate of drug-likeness (QED) is 0.191. The second-order valence-corrected chi connectivity index (χ2v) is 15.9. The van der Waals surface area contributed by atoms with E-state index < -0.39 is 73.2 Å². The Kier molecular flexibility index (Phi) is 8.92. The van der Waals surface area contributed by atoms with Gasteiger partial charge in [0.1, 0.15) is 28.5 Å². The Hall–Kier alpha value is -4.01. The molecule has 5 heterocycles. The van der Waals surface area contributed by atoms with Gasteiger partial charge in [0.05, 0.1) is 11.2 Å². The number of carbonyl (C=O) groups is 5. The molecule has 6 rings (SSSR count). The largest absolute Gasteiger partial charge is 0.480 e. The number of aliphatic carboxylic acids is 2. The minimum absolute atomic E-state index is 0.0783. The van der Waals surface area contributed by atoms with Gasteiger partial charge in [-0.05, 0) is 35.4 Å². The molecule has 1 aromatic heterocycles. The molecule has 17 nitrogen and oxygen atoms in total. The Bertz CT molecular complexity index is 1750. The third-order valence-electron chi connectivity index (χ3n) is 8.08. The number of aliphatic hydroxyl groups is 1. The maximum Gasteiger partial charge on any atom is 0.352 e. The highest BCUT2D eigenvalue weighted by atomic mass is 32.2. The van der Waals surface area contributed by atoms with Gasteiger partial charge in [0, 0.05) is 18.6 Å². The van der Waals surface area contributed by atoms with Crippen molar-refractivity contribution >= 4 is 63.0 Å². The number of nitrogens with one attached hydrogen (secondary N) is 1. The summed E-state index contributed by atoms with van der Waals surface area (Å²) in [6.45, 7) is 2.71. The molecule has 0 radical (unpaired) electrons. The lowest BCUT2D eigenvalue weighted by molar-refractivity contribution is -0.157. The van der Waals surface area contributed by atoms with Crippen LogP contribution in [-0.2, 0) is 40.9 Å². The summed E-state index contributed by atoms with van der Waals surface area (Å²) in [5, 5.41) is 41.7. The number of hydrogen-bond donors (Lipinski definition) is 4. The average molecular weight is 696 g/mol. The van der Waals surface area contributed by atoms with E-state index in [2.05, 4.69) is 20.8 Å². The molecular weight excluding hydrogens is 667 g/mol. The summed E-state index contributed by atoms with van der Waals surface area (Å²) in [6, 6.07) is 6.21. The molecule has 0 saturated carbocycles. The number of aromatic nitrogens is 4. The highest BCUT2D eigenvalue weighted by Crippen LogP contribution is 2.45. The van der Waals surface area contributed by atoms with Crippen molar-refractivity contribution < 1.29 is 47.7 Å². The minimum atomic E-state index is -3.57. The molecule has 3 saturated heterocycles. The minimum Gasteiger partial charge on any atom is -0.480 e. The lowest BCUT2D eigenvalue weighted by Gasteiger charge is -2.49. The number of carboxylic acid groups (broad SMARTS) is 2. The highest BCUT2D eigenvalue weighted by Gasteiger charge is 2.67. The number of hydrogen-bond acceptors (Lipinski definition) is 13. The van der Waals surface area contributed by atoms with Crippen molar-refractivity contribution in [2.75, 3.05) is 11.5 Å². The van der Waals surface area contributed by atoms with Crippen LogP contribution in [0, 0.1) is 0 Å². The number of tetrazole rings is 1.